The first-order valence-electron chi connectivity index (χ1n) is 13.6. The van der Waals surface area contributed by atoms with Gasteiger partial charge in [0.15, 0.2) is 0 Å². The van der Waals surface area contributed by atoms with E-state index in [2.05, 4.69) is 22.2 Å². The highest BCUT2D eigenvalue weighted by Gasteiger charge is 2.34. The van der Waals surface area contributed by atoms with Gasteiger partial charge in [-0.1, -0.05) is 6.42 Å². The van der Waals surface area contributed by atoms with E-state index in [0.29, 0.717) is 36.1 Å². The molecule has 10 heteroatoms. The minimum Gasteiger partial charge on any atom is -0.494 e. The first-order chi connectivity index (χ1) is 18.4. The quantitative estimate of drug-likeness (QED) is 0.523. The Morgan fingerprint density at radius 1 is 1.21 bits per heavy atom. The zero-order valence-corrected chi connectivity index (χ0v) is 22.8. The van der Waals surface area contributed by atoms with E-state index in [-0.39, 0.29) is 23.5 Å². The van der Waals surface area contributed by atoms with Crippen LogP contribution >= 0.6 is 0 Å². The smallest absolute Gasteiger partial charge is 0.318 e. The summed E-state index contributed by atoms with van der Waals surface area (Å²) in [5, 5.41) is 3.21. The summed E-state index contributed by atoms with van der Waals surface area (Å²) in [4.78, 5) is 29.2. The maximum absolute atomic E-state index is 13.3. The lowest BCUT2D eigenvalue weighted by Crippen LogP contribution is -2.45. The van der Waals surface area contributed by atoms with E-state index in [4.69, 9.17) is 19.2 Å². The number of hydrogen-bond acceptors (Lipinski definition) is 7. The molecule has 5 rings (SSSR count). The van der Waals surface area contributed by atoms with Crippen LogP contribution in [0.15, 0.2) is 30.9 Å². The van der Waals surface area contributed by atoms with Crippen LogP contribution in [0.1, 0.15) is 64.6 Å². The molecular formula is C28H38N6O4. The number of carbonyl (C=O) groups excluding carboxylic acids is 1. The van der Waals surface area contributed by atoms with Crippen molar-refractivity contribution in [2.75, 3.05) is 33.5 Å². The molecule has 2 aliphatic heterocycles. The molecule has 10 nitrogen and oxygen atoms in total. The highest BCUT2D eigenvalue weighted by molar-refractivity contribution is 5.75. The molecule has 204 valence electrons. The summed E-state index contributed by atoms with van der Waals surface area (Å²) in [6.07, 6.45) is 12.0. The molecular weight excluding hydrogens is 484 g/mol. The van der Waals surface area contributed by atoms with Crippen molar-refractivity contribution in [1.82, 2.24) is 29.6 Å². The molecule has 5 heterocycles. The third-order valence-electron chi connectivity index (χ3n) is 8.01. The van der Waals surface area contributed by atoms with Crippen molar-refractivity contribution in [3.8, 4) is 22.9 Å². The predicted molar refractivity (Wildman–Crippen MR) is 143 cm³/mol. The lowest BCUT2D eigenvalue weighted by atomic mass is 9.76. The Bertz CT molecular complexity index is 1270. The molecule has 0 radical (unpaired) electrons. The standard InChI is InChI=1S/C28H38N6O4/c1-5-34-20(3)22-15-21(24(36-4)16-30-22)23-17-33-12-11-29-25(33)26(32-23)38-18-28(9-13-37-14-10-28)8-6-7-19(2)31-27(34)35/h11-12,15-17,19-20H,5-10,13-14,18H2,1-4H3,(H,31,35). The van der Waals surface area contributed by atoms with Crippen LogP contribution in [0.4, 0.5) is 4.79 Å². The molecule has 3 aromatic rings. The molecule has 2 aliphatic rings. The van der Waals surface area contributed by atoms with E-state index >= 15 is 0 Å². The van der Waals surface area contributed by atoms with Crippen LogP contribution in [0.25, 0.3) is 16.9 Å². The lowest BCUT2D eigenvalue weighted by molar-refractivity contribution is -0.0166. The average molecular weight is 523 g/mol. The number of amides is 2. The first-order valence-corrected chi connectivity index (χ1v) is 13.6. The zero-order valence-electron chi connectivity index (χ0n) is 22.8. The largest absolute Gasteiger partial charge is 0.494 e. The average Bonchev–Trinajstić information content (AvgIpc) is 3.41. The van der Waals surface area contributed by atoms with Crippen molar-refractivity contribution >= 4 is 11.7 Å². The number of aromatic nitrogens is 4. The third-order valence-corrected chi connectivity index (χ3v) is 8.01. The van der Waals surface area contributed by atoms with Gasteiger partial charge in [-0.05, 0) is 52.5 Å². The second-order valence-corrected chi connectivity index (χ2v) is 10.5. The van der Waals surface area contributed by atoms with Gasteiger partial charge in [0.25, 0.3) is 5.88 Å². The van der Waals surface area contributed by atoms with Crippen LogP contribution in [0.5, 0.6) is 11.6 Å². The van der Waals surface area contributed by atoms with E-state index in [1.165, 1.54) is 0 Å². The second kappa shape index (κ2) is 11.1. The fourth-order valence-corrected chi connectivity index (χ4v) is 5.57. The summed E-state index contributed by atoms with van der Waals surface area (Å²) in [6.45, 7) is 8.60. The summed E-state index contributed by atoms with van der Waals surface area (Å²) >= 11 is 0. The van der Waals surface area contributed by atoms with Crippen molar-refractivity contribution < 1.29 is 19.0 Å². The number of nitrogens with zero attached hydrogens (tertiary/aromatic N) is 5. The van der Waals surface area contributed by atoms with Crippen LogP contribution in [-0.4, -0.2) is 69.8 Å². The number of methoxy groups -OCH3 is 1. The predicted octanol–water partition coefficient (Wildman–Crippen LogP) is 4.64. The highest BCUT2D eigenvalue weighted by atomic mass is 16.5. The molecule has 0 aromatic carbocycles. The van der Waals surface area contributed by atoms with Crippen molar-refractivity contribution in [2.24, 2.45) is 5.41 Å². The molecule has 0 saturated carbocycles. The van der Waals surface area contributed by atoms with Crippen LogP contribution in [-0.2, 0) is 4.74 Å². The lowest BCUT2D eigenvalue weighted by Gasteiger charge is -2.37. The molecule has 2 unspecified atom stereocenters. The number of pyridine rings is 1. The molecule has 1 spiro atoms. The van der Waals surface area contributed by atoms with Gasteiger partial charge in [-0.2, -0.15) is 0 Å². The molecule has 4 bridgehead atoms. The number of rotatable bonds is 2. The van der Waals surface area contributed by atoms with E-state index in [9.17, 15) is 4.79 Å². The molecule has 1 N–H and O–H groups in total. The minimum absolute atomic E-state index is 0.0112. The van der Waals surface area contributed by atoms with Gasteiger partial charge < -0.3 is 28.8 Å². The van der Waals surface area contributed by atoms with Crippen LogP contribution in [0.2, 0.25) is 0 Å². The van der Waals surface area contributed by atoms with Crippen molar-refractivity contribution in [1.29, 1.82) is 0 Å². The summed E-state index contributed by atoms with van der Waals surface area (Å²) < 4.78 is 19.8. The zero-order chi connectivity index (χ0) is 26.7. The molecule has 3 aromatic heterocycles. The highest BCUT2D eigenvalue weighted by Crippen LogP contribution is 2.38. The summed E-state index contributed by atoms with van der Waals surface area (Å²) in [7, 11) is 1.62. The fourth-order valence-electron chi connectivity index (χ4n) is 5.57. The number of fused-ring (bicyclic) bond motifs is 7. The SMILES string of the molecule is CCN1C(=O)NC(C)CCCC2(CCOCC2)COc2nc(cn3ccnc23)-c2cc(ncc2OC)C1C. The van der Waals surface area contributed by atoms with Crippen LogP contribution in [0, 0.1) is 5.41 Å². The number of urea groups is 1. The first kappa shape index (κ1) is 26.2. The van der Waals surface area contributed by atoms with Gasteiger partial charge in [0.2, 0.25) is 5.65 Å². The Balaban J connectivity index is 1.61. The number of hydrogen-bond donors (Lipinski definition) is 1. The van der Waals surface area contributed by atoms with Crippen molar-refractivity contribution in [3.05, 3.63) is 36.5 Å². The number of carbonyl (C=O) groups is 1. The maximum atomic E-state index is 13.3. The summed E-state index contributed by atoms with van der Waals surface area (Å²) in [5.41, 5.74) is 2.88. The summed E-state index contributed by atoms with van der Waals surface area (Å²) in [6, 6.07) is 1.68. The van der Waals surface area contributed by atoms with Crippen LogP contribution < -0.4 is 14.8 Å². The summed E-state index contributed by atoms with van der Waals surface area (Å²) in [5.74, 6) is 1.09. The number of ether oxygens (including phenoxy) is 3. The topological polar surface area (TPSA) is 103 Å². The maximum Gasteiger partial charge on any atom is 0.318 e. The van der Waals surface area contributed by atoms with Crippen molar-refractivity contribution in [3.63, 3.8) is 0 Å². The van der Waals surface area contributed by atoms with E-state index in [0.717, 1.165) is 56.6 Å². The van der Waals surface area contributed by atoms with Gasteiger partial charge in [-0.25, -0.2) is 14.8 Å². The van der Waals surface area contributed by atoms with Gasteiger partial charge in [-0.15, -0.1) is 0 Å². The van der Waals surface area contributed by atoms with Gasteiger partial charge in [0, 0.05) is 55.4 Å². The Morgan fingerprint density at radius 2 is 2.03 bits per heavy atom. The van der Waals surface area contributed by atoms with E-state index in [1.54, 1.807) is 19.5 Å². The minimum atomic E-state index is -0.245. The normalized spacial score (nSPS) is 22.5. The second-order valence-electron chi connectivity index (χ2n) is 10.5. The number of imidazole rings is 1. The third kappa shape index (κ3) is 5.27. The van der Waals surface area contributed by atoms with Crippen molar-refractivity contribution in [2.45, 2.75) is 65.0 Å². The molecule has 38 heavy (non-hydrogen) atoms. The van der Waals surface area contributed by atoms with Gasteiger partial charge in [0.05, 0.1) is 37.3 Å². The molecule has 0 aliphatic carbocycles. The molecule has 2 atom stereocenters. The molecule has 1 fully saturated rings. The Kier molecular flexibility index (Phi) is 7.69. The van der Waals surface area contributed by atoms with E-state index in [1.807, 2.05) is 41.6 Å². The Morgan fingerprint density at radius 3 is 2.79 bits per heavy atom. The van der Waals surface area contributed by atoms with Crippen LogP contribution in [0.3, 0.4) is 0 Å². The van der Waals surface area contributed by atoms with Gasteiger partial charge >= 0.3 is 6.03 Å². The van der Waals surface area contributed by atoms with E-state index < -0.39 is 0 Å². The fraction of sp³-hybridized carbons (Fsp3) is 0.571. The Hall–Kier alpha value is -3.40. The van der Waals surface area contributed by atoms with Gasteiger partial charge in [-0.3, -0.25) is 4.98 Å². The van der Waals surface area contributed by atoms with Gasteiger partial charge in [0.1, 0.15) is 5.75 Å². The Labute approximate surface area is 223 Å². The molecule has 1 saturated heterocycles. The molecule has 2 amide bonds. The monoisotopic (exact) mass is 522 g/mol. The number of nitrogens with one attached hydrogen (secondary N) is 1.